The summed E-state index contributed by atoms with van der Waals surface area (Å²) in [5.74, 6) is -0.460. The number of benzene rings is 2. The Kier molecular flexibility index (Phi) is 6.53. The first-order valence-electron chi connectivity index (χ1n) is 6.88. The zero-order valence-corrected chi connectivity index (χ0v) is 15.9. The smallest absolute Gasteiger partial charge is 0.275 e. The van der Waals surface area contributed by atoms with Gasteiger partial charge in [-0.1, -0.05) is 34.8 Å². The van der Waals surface area contributed by atoms with Crippen LogP contribution in [0.5, 0.6) is 5.75 Å². The van der Waals surface area contributed by atoms with Gasteiger partial charge >= 0.3 is 0 Å². The lowest BCUT2D eigenvalue weighted by atomic mass is 10.3. The highest BCUT2D eigenvalue weighted by Gasteiger charge is 2.20. The molecular formula is C15H13Cl3N2O4S. The molecule has 6 nitrogen and oxygen atoms in total. The third kappa shape index (κ3) is 5.49. The molecule has 2 aromatic rings. The molecule has 0 bridgehead atoms. The van der Waals surface area contributed by atoms with Crippen molar-refractivity contribution in [2.75, 3.05) is 0 Å². The quantitative estimate of drug-likeness (QED) is 0.697. The standard InChI is InChI=1S/C15H13Cl3N2O4S/c1-9(24-14-7-4-11(17)8-13(14)18)15(21)19-20-25(22,23)12-5-2-10(16)3-6-12/h2-9,20H,1H3,(H,19,21). The molecule has 1 amide bonds. The van der Waals surface area contributed by atoms with Crippen molar-refractivity contribution in [1.82, 2.24) is 10.3 Å². The van der Waals surface area contributed by atoms with E-state index in [0.29, 0.717) is 10.0 Å². The van der Waals surface area contributed by atoms with E-state index in [1.165, 1.54) is 43.3 Å². The Balaban J connectivity index is 1.98. The average molecular weight is 424 g/mol. The number of carbonyl (C=O) groups excluding carboxylic acids is 1. The minimum Gasteiger partial charge on any atom is -0.479 e. The van der Waals surface area contributed by atoms with Gasteiger partial charge in [0.1, 0.15) is 5.75 Å². The van der Waals surface area contributed by atoms with Crippen molar-refractivity contribution in [1.29, 1.82) is 0 Å². The van der Waals surface area contributed by atoms with Crippen molar-refractivity contribution in [2.45, 2.75) is 17.9 Å². The van der Waals surface area contributed by atoms with Crippen LogP contribution in [0.2, 0.25) is 15.1 Å². The maximum absolute atomic E-state index is 12.1. The Bertz CT molecular complexity index is 873. The second-order valence-corrected chi connectivity index (χ2v) is 7.85. The van der Waals surface area contributed by atoms with Gasteiger partial charge in [0.15, 0.2) is 6.10 Å². The Labute approximate surface area is 160 Å². The van der Waals surface area contributed by atoms with Crippen molar-refractivity contribution in [3.63, 3.8) is 0 Å². The molecule has 0 aliphatic rings. The lowest BCUT2D eigenvalue weighted by Gasteiger charge is -2.16. The van der Waals surface area contributed by atoms with E-state index in [1.54, 1.807) is 6.07 Å². The number of hydrogen-bond donors (Lipinski definition) is 2. The molecule has 0 heterocycles. The lowest BCUT2D eigenvalue weighted by molar-refractivity contribution is -0.127. The van der Waals surface area contributed by atoms with Gasteiger partial charge in [-0.2, -0.15) is 0 Å². The summed E-state index contributed by atoms with van der Waals surface area (Å²) in [5.41, 5.74) is 2.08. The van der Waals surface area contributed by atoms with Gasteiger partial charge in [0.2, 0.25) is 0 Å². The van der Waals surface area contributed by atoms with Gasteiger partial charge in [-0.05, 0) is 49.4 Å². The van der Waals surface area contributed by atoms with Crippen LogP contribution in [0.4, 0.5) is 0 Å². The molecule has 1 unspecified atom stereocenters. The summed E-state index contributed by atoms with van der Waals surface area (Å²) in [6, 6.07) is 9.99. The fourth-order valence-electron chi connectivity index (χ4n) is 1.71. The molecule has 2 N–H and O–H groups in total. The van der Waals surface area contributed by atoms with Crippen LogP contribution in [0.15, 0.2) is 47.4 Å². The molecule has 1 atom stereocenters. The first-order valence-corrected chi connectivity index (χ1v) is 9.49. The molecule has 0 spiro atoms. The van der Waals surface area contributed by atoms with Crippen LogP contribution in [0, 0.1) is 0 Å². The van der Waals surface area contributed by atoms with E-state index in [0.717, 1.165) is 0 Å². The highest BCUT2D eigenvalue weighted by molar-refractivity contribution is 7.89. The van der Waals surface area contributed by atoms with E-state index in [9.17, 15) is 13.2 Å². The number of hydrazine groups is 1. The Hall–Kier alpha value is -1.51. The van der Waals surface area contributed by atoms with E-state index in [1.807, 2.05) is 4.83 Å². The Morgan fingerprint density at radius 1 is 1.04 bits per heavy atom. The van der Waals surface area contributed by atoms with E-state index in [2.05, 4.69) is 5.43 Å². The van der Waals surface area contributed by atoms with Gasteiger partial charge in [0.25, 0.3) is 15.9 Å². The van der Waals surface area contributed by atoms with Crippen molar-refractivity contribution in [3.8, 4) is 5.75 Å². The zero-order valence-electron chi connectivity index (χ0n) is 12.8. The fraction of sp³-hybridized carbons (Fsp3) is 0.133. The third-order valence-corrected chi connectivity index (χ3v) is 5.05. The second-order valence-electron chi connectivity index (χ2n) is 4.88. The number of ether oxygens (including phenoxy) is 1. The predicted octanol–water partition coefficient (Wildman–Crippen LogP) is 3.42. The number of nitrogens with one attached hydrogen (secondary N) is 2. The van der Waals surface area contributed by atoms with Gasteiger partial charge < -0.3 is 4.74 Å². The molecule has 2 aromatic carbocycles. The van der Waals surface area contributed by atoms with Crippen LogP contribution in [-0.4, -0.2) is 20.4 Å². The Morgan fingerprint density at radius 2 is 1.64 bits per heavy atom. The third-order valence-electron chi connectivity index (χ3n) is 3.00. The summed E-state index contributed by atoms with van der Waals surface area (Å²) < 4.78 is 29.5. The minimum absolute atomic E-state index is 0.0495. The molecule has 0 saturated heterocycles. The molecule has 0 radical (unpaired) electrons. The molecule has 0 aromatic heterocycles. The van der Waals surface area contributed by atoms with Crippen LogP contribution in [-0.2, 0) is 14.8 Å². The summed E-state index contributed by atoms with van der Waals surface area (Å²) in [7, 11) is -3.93. The van der Waals surface area contributed by atoms with Crippen LogP contribution >= 0.6 is 34.8 Å². The molecule has 0 fully saturated rings. The molecule has 10 heteroatoms. The molecule has 2 rings (SSSR count). The number of halogens is 3. The number of carbonyl (C=O) groups is 1. The van der Waals surface area contributed by atoms with Gasteiger partial charge in [0.05, 0.1) is 9.92 Å². The maximum Gasteiger partial charge on any atom is 0.275 e. The number of rotatable bonds is 6. The Morgan fingerprint density at radius 3 is 2.24 bits per heavy atom. The average Bonchev–Trinajstić information content (AvgIpc) is 2.55. The molecule has 134 valence electrons. The van der Waals surface area contributed by atoms with E-state index < -0.39 is 22.0 Å². The molecule has 25 heavy (non-hydrogen) atoms. The van der Waals surface area contributed by atoms with E-state index in [4.69, 9.17) is 39.5 Å². The van der Waals surface area contributed by atoms with Gasteiger partial charge in [0, 0.05) is 10.0 Å². The van der Waals surface area contributed by atoms with Gasteiger partial charge in [-0.25, -0.2) is 8.42 Å². The lowest BCUT2D eigenvalue weighted by Crippen LogP contribution is -2.47. The summed E-state index contributed by atoms with van der Waals surface area (Å²) in [5, 5.41) is 1.05. The summed E-state index contributed by atoms with van der Waals surface area (Å²) in [6.45, 7) is 1.44. The highest BCUT2D eigenvalue weighted by atomic mass is 35.5. The van der Waals surface area contributed by atoms with Crippen LogP contribution < -0.4 is 15.0 Å². The molecule has 0 aliphatic carbocycles. The van der Waals surface area contributed by atoms with Crippen molar-refractivity contribution in [3.05, 3.63) is 57.5 Å². The normalized spacial score (nSPS) is 12.5. The second kappa shape index (κ2) is 8.25. The van der Waals surface area contributed by atoms with Crippen LogP contribution in [0.25, 0.3) is 0 Å². The van der Waals surface area contributed by atoms with Crippen molar-refractivity contribution >= 4 is 50.7 Å². The van der Waals surface area contributed by atoms with E-state index >= 15 is 0 Å². The van der Waals surface area contributed by atoms with Gasteiger partial charge in [-0.3, -0.25) is 10.2 Å². The van der Waals surface area contributed by atoms with Gasteiger partial charge in [-0.15, -0.1) is 4.83 Å². The number of amides is 1. The minimum atomic E-state index is -3.93. The van der Waals surface area contributed by atoms with Crippen LogP contribution in [0.3, 0.4) is 0 Å². The first-order chi connectivity index (χ1) is 11.7. The zero-order chi connectivity index (χ0) is 18.6. The fourth-order valence-corrected chi connectivity index (χ4v) is 3.13. The molecular weight excluding hydrogens is 411 g/mol. The maximum atomic E-state index is 12.1. The number of sulfonamides is 1. The number of hydrogen-bond acceptors (Lipinski definition) is 4. The molecule has 0 saturated carbocycles. The SMILES string of the molecule is CC(Oc1ccc(Cl)cc1Cl)C(=O)NNS(=O)(=O)c1ccc(Cl)cc1. The van der Waals surface area contributed by atoms with Crippen molar-refractivity contribution in [2.24, 2.45) is 0 Å². The monoisotopic (exact) mass is 422 g/mol. The van der Waals surface area contributed by atoms with E-state index in [-0.39, 0.29) is 15.7 Å². The largest absolute Gasteiger partial charge is 0.479 e. The van der Waals surface area contributed by atoms with Crippen molar-refractivity contribution < 1.29 is 17.9 Å². The summed E-state index contributed by atoms with van der Waals surface area (Å²) in [4.78, 5) is 13.9. The highest BCUT2D eigenvalue weighted by Crippen LogP contribution is 2.28. The molecule has 0 aliphatic heterocycles. The summed E-state index contributed by atoms with van der Waals surface area (Å²) in [6.07, 6.45) is -1.01. The predicted molar refractivity (Wildman–Crippen MR) is 96.5 cm³/mol. The summed E-state index contributed by atoms with van der Waals surface area (Å²) >= 11 is 17.4. The topological polar surface area (TPSA) is 84.5 Å². The van der Waals surface area contributed by atoms with Crippen LogP contribution in [0.1, 0.15) is 6.92 Å². The first kappa shape index (κ1) is 19.8.